The van der Waals surface area contributed by atoms with Gasteiger partial charge in [-0.05, 0) is 31.6 Å². The van der Waals surface area contributed by atoms with Crippen LogP contribution in [0.4, 0.5) is 0 Å². The number of carbonyl (C=O) groups is 4. The Morgan fingerprint density at radius 2 is 0.460 bits per heavy atom. The van der Waals surface area contributed by atoms with Gasteiger partial charge in [0.2, 0.25) is 0 Å². The van der Waals surface area contributed by atoms with E-state index >= 15 is 0 Å². The van der Waals surface area contributed by atoms with E-state index in [9.17, 15) is 43.2 Å². The fraction of sp³-hybridized carbons (Fsp3) is 0.951. The SMILES string of the molecule is CCCCCCCCCCCCCCCCCCCCCCCCC(=O)O[C@H](COC(=O)CCCCCCCCCCCCCCCCCCCCC)COP(=O)(O)OC[C@@H](O)COP(=O)(O)OC[C@@H](COC(=O)CCCCCCC)OC(=O)CCCCCCCCCCCCCC(C)C. The number of aliphatic hydroxyl groups excluding tert-OH is 1. The molecule has 0 aliphatic rings. The van der Waals surface area contributed by atoms with Crippen LogP contribution in [0.2, 0.25) is 0 Å². The summed E-state index contributed by atoms with van der Waals surface area (Å²) in [5.41, 5.74) is 0. The van der Waals surface area contributed by atoms with Crippen molar-refractivity contribution >= 4 is 39.5 Å². The average Bonchev–Trinajstić information content (AvgIpc) is 0.932. The van der Waals surface area contributed by atoms with Gasteiger partial charge in [-0.1, -0.05) is 381 Å². The third-order valence-corrected chi connectivity index (χ3v) is 20.9. The smallest absolute Gasteiger partial charge is 0.462 e. The molecule has 0 heterocycles. The van der Waals surface area contributed by atoms with Gasteiger partial charge in [0.05, 0.1) is 26.4 Å². The molecule has 0 aliphatic heterocycles. The first-order valence-corrected chi connectivity index (χ1v) is 45.1. The highest BCUT2D eigenvalue weighted by atomic mass is 31.2. The molecule has 17 nitrogen and oxygen atoms in total. The molecule has 0 aromatic rings. The lowest BCUT2D eigenvalue weighted by Crippen LogP contribution is -2.30. The molecular weight excluding hydrogens is 1310 g/mol. The number of esters is 4. The van der Waals surface area contributed by atoms with Gasteiger partial charge in [0.25, 0.3) is 0 Å². The summed E-state index contributed by atoms with van der Waals surface area (Å²) in [6.45, 7) is 7.23. The Bertz CT molecular complexity index is 1910. The second kappa shape index (κ2) is 73.9. The summed E-state index contributed by atoms with van der Waals surface area (Å²) < 4.78 is 68.5. The van der Waals surface area contributed by atoms with E-state index in [0.717, 1.165) is 102 Å². The molecule has 0 bridgehead atoms. The molecule has 5 atom stereocenters. The van der Waals surface area contributed by atoms with Gasteiger partial charge < -0.3 is 33.8 Å². The van der Waals surface area contributed by atoms with Crippen LogP contribution in [0.15, 0.2) is 0 Å². The van der Waals surface area contributed by atoms with Crippen molar-refractivity contribution < 1.29 is 80.2 Å². The monoisotopic (exact) mass is 1470 g/mol. The Morgan fingerprint density at radius 3 is 0.680 bits per heavy atom. The highest BCUT2D eigenvalue weighted by Crippen LogP contribution is 2.45. The summed E-state index contributed by atoms with van der Waals surface area (Å²) in [4.78, 5) is 72.7. The van der Waals surface area contributed by atoms with Crippen LogP contribution in [0.3, 0.4) is 0 Å². The van der Waals surface area contributed by atoms with E-state index in [-0.39, 0.29) is 25.7 Å². The number of aliphatic hydroxyl groups is 1. The summed E-state index contributed by atoms with van der Waals surface area (Å²) in [6, 6.07) is 0. The van der Waals surface area contributed by atoms with Crippen LogP contribution < -0.4 is 0 Å². The third-order valence-electron chi connectivity index (χ3n) is 19.0. The maximum Gasteiger partial charge on any atom is 0.472 e. The van der Waals surface area contributed by atoms with E-state index < -0.39 is 97.5 Å². The molecule has 0 saturated heterocycles. The molecule has 0 amide bonds. The maximum atomic E-state index is 13.1. The number of unbranched alkanes of at least 4 members (excludes halogenated alkanes) is 53. The van der Waals surface area contributed by atoms with E-state index in [1.54, 1.807) is 0 Å². The van der Waals surface area contributed by atoms with Gasteiger partial charge in [0, 0.05) is 25.7 Å². The van der Waals surface area contributed by atoms with E-state index in [1.807, 2.05) is 0 Å². The van der Waals surface area contributed by atoms with Crippen LogP contribution in [0, 0.1) is 5.92 Å². The van der Waals surface area contributed by atoms with Crippen molar-refractivity contribution in [2.24, 2.45) is 5.92 Å². The van der Waals surface area contributed by atoms with Crippen molar-refractivity contribution in [3.63, 3.8) is 0 Å². The Hall–Kier alpha value is -1.94. The minimum absolute atomic E-state index is 0.106. The number of hydrogen-bond acceptors (Lipinski definition) is 15. The van der Waals surface area contributed by atoms with Gasteiger partial charge in [-0.3, -0.25) is 37.3 Å². The summed E-state index contributed by atoms with van der Waals surface area (Å²) in [7, 11) is -9.91. The number of carbonyl (C=O) groups excluding carboxylic acids is 4. The molecule has 0 aliphatic carbocycles. The lowest BCUT2D eigenvalue weighted by Gasteiger charge is -2.21. The van der Waals surface area contributed by atoms with Crippen molar-refractivity contribution in [3.05, 3.63) is 0 Å². The summed E-state index contributed by atoms with van der Waals surface area (Å²) >= 11 is 0. The van der Waals surface area contributed by atoms with E-state index in [1.165, 1.54) is 250 Å². The molecule has 0 aromatic heterocycles. The molecule has 594 valence electrons. The van der Waals surface area contributed by atoms with Gasteiger partial charge in [0.1, 0.15) is 19.3 Å². The predicted molar refractivity (Wildman–Crippen MR) is 409 cm³/mol. The number of hydrogen-bond donors (Lipinski definition) is 3. The fourth-order valence-electron chi connectivity index (χ4n) is 12.6. The molecule has 0 radical (unpaired) electrons. The molecule has 0 aromatic carbocycles. The number of ether oxygens (including phenoxy) is 4. The first kappa shape index (κ1) is 98.1. The molecule has 3 N–H and O–H groups in total. The lowest BCUT2D eigenvalue weighted by atomic mass is 10.0. The highest BCUT2D eigenvalue weighted by molar-refractivity contribution is 7.47. The normalized spacial score (nSPS) is 13.8. The average molecular weight is 1470 g/mol. The molecule has 0 saturated carbocycles. The van der Waals surface area contributed by atoms with Crippen LogP contribution in [0.25, 0.3) is 0 Å². The van der Waals surface area contributed by atoms with Gasteiger partial charge in [-0.2, -0.15) is 0 Å². The number of phosphoric ester groups is 2. The molecule has 19 heteroatoms. The van der Waals surface area contributed by atoms with Gasteiger partial charge in [-0.15, -0.1) is 0 Å². The van der Waals surface area contributed by atoms with Crippen molar-refractivity contribution in [3.8, 4) is 0 Å². The lowest BCUT2D eigenvalue weighted by molar-refractivity contribution is -0.161. The summed E-state index contributed by atoms with van der Waals surface area (Å²) in [5, 5.41) is 10.6. The maximum absolute atomic E-state index is 13.1. The minimum Gasteiger partial charge on any atom is -0.462 e. The number of phosphoric acid groups is 2. The summed E-state index contributed by atoms with van der Waals surface area (Å²) in [5.74, 6) is -1.35. The predicted octanol–water partition coefficient (Wildman–Crippen LogP) is 24.4. The third kappa shape index (κ3) is 74.3. The second-order valence-electron chi connectivity index (χ2n) is 29.6. The molecular formula is C81H158O17P2. The zero-order valence-electron chi connectivity index (χ0n) is 65.3. The van der Waals surface area contributed by atoms with Crippen LogP contribution in [-0.4, -0.2) is 96.7 Å². The molecule has 0 fully saturated rings. The zero-order valence-corrected chi connectivity index (χ0v) is 67.1. The van der Waals surface area contributed by atoms with Crippen LogP contribution in [0.1, 0.15) is 433 Å². The molecule has 100 heavy (non-hydrogen) atoms. The van der Waals surface area contributed by atoms with E-state index in [2.05, 4.69) is 34.6 Å². The van der Waals surface area contributed by atoms with Crippen LogP contribution in [-0.2, 0) is 65.4 Å². The topological polar surface area (TPSA) is 237 Å². The molecule has 0 rings (SSSR count). The van der Waals surface area contributed by atoms with Crippen LogP contribution in [0.5, 0.6) is 0 Å². The summed E-state index contributed by atoms with van der Waals surface area (Å²) in [6.07, 6.45) is 65.9. The molecule has 0 spiro atoms. The zero-order chi connectivity index (χ0) is 73.4. The Balaban J connectivity index is 5.11. The van der Waals surface area contributed by atoms with Crippen LogP contribution >= 0.6 is 15.6 Å². The fourth-order valence-corrected chi connectivity index (χ4v) is 14.2. The number of rotatable bonds is 81. The minimum atomic E-state index is -4.96. The van der Waals surface area contributed by atoms with Crippen molar-refractivity contribution in [2.45, 2.75) is 451 Å². The molecule has 2 unspecified atom stereocenters. The largest absolute Gasteiger partial charge is 0.472 e. The van der Waals surface area contributed by atoms with Crippen molar-refractivity contribution in [1.82, 2.24) is 0 Å². The first-order chi connectivity index (χ1) is 48.5. The standard InChI is InChI=1S/C81H158O17P2/c1-6-9-12-15-17-19-21-23-25-27-29-30-31-33-35-37-39-43-47-51-56-61-66-81(86)98-77(71-92-79(84)65-60-55-50-46-42-38-36-34-32-28-26-24-22-20-18-16-13-10-7-2)73-96-100(89,90)94-69-75(82)68-93-99(87,88)95-72-76(70-91-78(83)64-59-53-14-11-8-3)97-80(85)67-62-57-52-48-44-40-41-45-49-54-58-63-74(4)5/h74-77,82H,6-73H2,1-5H3,(H,87,88)(H,89,90)/t75-,76+,77+/m0/s1. The Labute approximate surface area is 613 Å². The highest BCUT2D eigenvalue weighted by Gasteiger charge is 2.30. The van der Waals surface area contributed by atoms with E-state index in [0.29, 0.717) is 25.7 Å². The van der Waals surface area contributed by atoms with Crippen molar-refractivity contribution in [2.75, 3.05) is 39.6 Å². The van der Waals surface area contributed by atoms with Gasteiger partial charge in [-0.25, -0.2) is 9.13 Å². The van der Waals surface area contributed by atoms with Gasteiger partial charge >= 0.3 is 39.5 Å². The van der Waals surface area contributed by atoms with E-state index in [4.69, 9.17) is 37.0 Å². The Kier molecular flexibility index (Phi) is 72.5. The van der Waals surface area contributed by atoms with Gasteiger partial charge in [0.15, 0.2) is 12.2 Å². The quantitative estimate of drug-likeness (QED) is 0.0222. The van der Waals surface area contributed by atoms with Crippen molar-refractivity contribution in [1.29, 1.82) is 0 Å². The second-order valence-corrected chi connectivity index (χ2v) is 32.5. The Morgan fingerprint density at radius 1 is 0.270 bits per heavy atom. The first-order valence-electron chi connectivity index (χ1n) is 42.1.